The van der Waals surface area contributed by atoms with Crippen LogP contribution in [0.5, 0.6) is 5.75 Å². The topological polar surface area (TPSA) is 135 Å². The number of ether oxygens (including phenoxy) is 3. The first-order valence-corrected chi connectivity index (χ1v) is 13.4. The lowest BCUT2D eigenvalue weighted by atomic mass is 9.96. The second kappa shape index (κ2) is 13.2. The molecule has 0 spiro atoms. The van der Waals surface area contributed by atoms with Crippen molar-refractivity contribution in [3.8, 4) is 18.1 Å². The third-order valence-corrected chi connectivity index (χ3v) is 7.59. The maximum atomic E-state index is 13.2. The van der Waals surface area contributed by atoms with Gasteiger partial charge in [0.2, 0.25) is 0 Å². The molecule has 4 rings (SSSR count). The average molecular weight is 592 g/mol. The SMILES string of the molecule is C#CCCCn1c(COc2c(Cl)cc(C(=O)N[C@H]3[C@@H](OC)O[C@H](CO)[C@@H](O)[C@@H]3O)c(C)c2Cl)nc2ccccc21. The smallest absolute Gasteiger partial charge is 0.252 e. The van der Waals surface area contributed by atoms with E-state index in [2.05, 4.69) is 11.2 Å². The highest BCUT2D eigenvalue weighted by atomic mass is 35.5. The molecule has 1 aromatic heterocycles. The van der Waals surface area contributed by atoms with Crippen molar-refractivity contribution in [3.63, 3.8) is 0 Å². The Kier molecular flexibility index (Phi) is 9.92. The molecule has 4 N–H and O–H groups in total. The summed E-state index contributed by atoms with van der Waals surface area (Å²) in [4.78, 5) is 17.9. The average Bonchev–Trinajstić information content (AvgIpc) is 3.30. The van der Waals surface area contributed by atoms with E-state index in [4.69, 9.17) is 48.8 Å². The summed E-state index contributed by atoms with van der Waals surface area (Å²) in [5, 5.41) is 33.0. The number of unbranched alkanes of at least 4 members (excludes halogenated alkanes) is 1. The van der Waals surface area contributed by atoms with Crippen LogP contribution in [0.2, 0.25) is 10.0 Å². The van der Waals surface area contributed by atoms with Crippen LogP contribution in [0, 0.1) is 19.3 Å². The maximum absolute atomic E-state index is 13.2. The Morgan fingerprint density at radius 3 is 2.73 bits per heavy atom. The second-order valence-electron chi connectivity index (χ2n) is 9.38. The summed E-state index contributed by atoms with van der Waals surface area (Å²) in [5.41, 5.74) is 2.29. The molecule has 1 aliphatic rings. The molecule has 1 amide bonds. The van der Waals surface area contributed by atoms with Crippen LogP contribution in [0.1, 0.15) is 34.6 Å². The number of nitrogens with zero attached hydrogens (tertiary/aromatic N) is 2. The molecule has 40 heavy (non-hydrogen) atoms. The van der Waals surface area contributed by atoms with Crippen LogP contribution in [0.3, 0.4) is 0 Å². The number of aliphatic hydroxyl groups excluding tert-OH is 3. The fourth-order valence-corrected chi connectivity index (χ4v) is 5.25. The Balaban J connectivity index is 1.54. The predicted octanol–water partition coefficient (Wildman–Crippen LogP) is 2.83. The molecule has 12 heteroatoms. The fraction of sp³-hybridized carbons (Fsp3) is 0.429. The number of hydrogen-bond acceptors (Lipinski definition) is 8. The first-order chi connectivity index (χ1) is 19.2. The number of amides is 1. The molecule has 1 aliphatic heterocycles. The number of terminal acetylenes is 1. The number of carbonyl (C=O) groups is 1. The van der Waals surface area contributed by atoms with Gasteiger partial charge in [0, 0.05) is 25.6 Å². The lowest BCUT2D eigenvalue weighted by molar-refractivity contribution is -0.261. The molecule has 0 radical (unpaired) electrons. The lowest BCUT2D eigenvalue weighted by Gasteiger charge is -2.41. The molecule has 0 saturated carbocycles. The molecule has 10 nitrogen and oxygen atoms in total. The van der Waals surface area contributed by atoms with Crippen LogP contribution in [-0.2, 0) is 22.6 Å². The van der Waals surface area contributed by atoms with E-state index in [-0.39, 0.29) is 28.0 Å². The van der Waals surface area contributed by atoms with Crippen LogP contribution in [0.25, 0.3) is 11.0 Å². The number of carbonyl (C=O) groups excluding carboxylic acids is 1. The van der Waals surface area contributed by atoms with Crippen molar-refractivity contribution in [2.45, 2.75) is 63.6 Å². The van der Waals surface area contributed by atoms with E-state index in [0.717, 1.165) is 17.5 Å². The number of aliphatic hydroxyl groups is 3. The molecule has 5 atom stereocenters. The van der Waals surface area contributed by atoms with E-state index < -0.39 is 43.2 Å². The highest BCUT2D eigenvalue weighted by Crippen LogP contribution is 2.38. The van der Waals surface area contributed by atoms with Crippen molar-refractivity contribution in [2.75, 3.05) is 13.7 Å². The Labute approximate surface area is 241 Å². The summed E-state index contributed by atoms with van der Waals surface area (Å²) in [7, 11) is 1.32. The number of halogens is 2. The minimum Gasteiger partial charge on any atom is -0.483 e. The Hall–Kier alpha value is -2.88. The monoisotopic (exact) mass is 591 g/mol. The number of methoxy groups -OCH3 is 1. The van der Waals surface area contributed by atoms with Gasteiger partial charge in [0.25, 0.3) is 5.91 Å². The Morgan fingerprint density at radius 2 is 2.02 bits per heavy atom. The van der Waals surface area contributed by atoms with Gasteiger partial charge in [0.15, 0.2) is 12.0 Å². The second-order valence-corrected chi connectivity index (χ2v) is 10.2. The molecule has 214 valence electrons. The number of para-hydroxylation sites is 2. The van der Waals surface area contributed by atoms with Crippen LogP contribution in [0.15, 0.2) is 30.3 Å². The molecular formula is C28H31Cl2N3O7. The minimum atomic E-state index is -1.46. The zero-order valence-corrected chi connectivity index (χ0v) is 23.5. The van der Waals surface area contributed by atoms with E-state index >= 15 is 0 Å². The van der Waals surface area contributed by atoms with Gasteiger partial charge in [-0.25, -0.2) is 4.98 Å². The van der Waals surface area contributed by atoms with E-state index in [9.17, 15) is 20.1 Å². The van der Waals surface area contributed by atoms with Gasteiger partial charge in [0.1, 0.15) is 36.8 Å². The van der Waals surface area contributed by atoms with Crippen LogP contribution in [-0.4, -0.2) is 75.1 Å². The standard InChI is InChI=1S/C28H31Cl2N3O7/c1-4-5-8-11-33-19-10-7-6-9-18(19)31-21(33)14-39-26-17(29)12-16(15(2)22(26)30)27(37)32-23-25(36)24(35)20(13-34)40-28(23)38-3/h1,6-7,9-10,12,20,23-25,28,34-36H,5,8,11,13-14H2,2-3H3,(H,32,37)/t20-,23-,24-,25-,28+/m1/s1. The van der Waals surface area contributed by atoms with Crippen LogP contribution >= 0.6 is 23.2 Å². The van der Waals surface area contributed by atoms with Gasteiger partial charge in [-0.15, -0.1) is 12.3 Å². The fourth-order valence-electron chi connectivity index (χ4n) is 4.69. The number of fused-ring (bicyclic) bond motifs is 1. The third kappa shape index (κ3) is 6.06. The molecule has 2 heterocycles. The van der Waals surface area contributed by atoms with Crippen molar-refractivity contribution in [2.24, 2.45) is 0 Å². The molecular weight excluding hydrogens is 561 g/mol. The zero-order valence-electron chi connectivity index (χ0n) is 22.0. The van der Waals surface area contributed by atoms with Crippen molar-refractivity contribution in [1.29, 1.82) is 0 Å². The summed E-state index contributed by atoms with van der Waals surface area (Å²) in [6.07, 6.45) is 1.73. The number of rotatable bonds is 10. The molecule has 3 aromatic rings. The quantitative estimate of drug-likeness (QED) is 0.209. The van der Waals surface area contributed by atoms with Crippen molar-refractivity contribution in [3.05, 3.63) is 57.3 Å². The Bertz CT molecular complexity index is 1400. The highest BCUT2D eigenvalue weighted by Gasteiger charge is 2.45. The van der Waals surface area contributed by atoms with Crippen molar-refractivity contribution in [1.82, 2.24) is 14.9 Å². The van der Waals surface area contributed by atoms with Gasteiger partial charge < -0.3 is 39.4 Å². The molecule has 0 unspecified atom stereocenters. The highest BCUT2D eigenvalue weighted by molar-refractivity contribution is 6.38. The third-order valence-electron chi connectivity index (χ3n) is 6.86. The van der Waals surface area contributed by atoms with Gasteiger partial charge in [-0.3, -0.25) is 4.79 Å². The number of aryl methyl sites for hydroxylation is 1. The number of hydrogen-bond donors (Lipinski definition) is 4. The summed E-state index contributed by atoms with van der Waals surface area (Å²) < 4.78 is 18.8. The zero-order chi connectivity index (χ0) is 29.0. The number of benzene rings is 2. The number of nitrogens with one attached hydrogen (secondary N) is 1. The minimum absolute atomic E-state index is 0.0696. The summed E-state index contributed by atoms with van der Waals surface area (Å²) in [6.45, 7) is 1.83. The molecule has 0 aliphatic carbocycles. The normalized spacial score (nSPS) is 22.7. The maximum Gasteiger partial charge on any atom is 0.252 e. The predicted molar refractivity (Wildman–Crippen MR) is 149 cm³/mol. The first kappa shape index (κ1) is 30.1. The molecule has 1 fully saturated rings. The van der Waals surface area contributed by atoms with E-state index in [1.54, 1.807) is 6.92 Å². The van der Waals surface area contributed by atoms with E-state index in [0.29, 0.717) is 24.4 Å². The first-order valence-electron chi connectivity index (χ1n) is 12.7. The summed E-state index contributed by atoms with van der Waals surface area (Å²) in [6, 6.07) is 8.02. The van der Waals surface area contributed by atoms with Crippen LogP contribution in [0.4, 0.5) is 0 Å². The van der Waals surface area contributed by atoms with Gasteiger partial charge in [-0.05, 0) is 37.1 Å². The van der Waals surface area contributed by atoms with Crippen LogP contribution < -0.4 is 10.1 Å². The van der Waals surface area contributed by atoms with E-state index in [1.807, 2.05) is 28.8 Å². The molecule has 1 saturated heterocycles. The van der Waals surface area contributed by atoms with Gasteiger partial charge in [-0.2, -0.15) is 0 Å². The molecule has 2 aromatic carbocycles. The number of aromatic nitrogens is 2. The molecule has 0 bridgehead atoms. The van der Waals surface area contributed by atoms with Gasteiger partial charge in [0.05, 0.1) is 27.7 Å². The summed E-state index contributed by atoms with van der Waals surface area (Å²) >= 11 is 13.1. The van der Waals surface area contributed by atoms with E-state index in [1.165, 1.54) is 13.2 Å². The Morgan fingerprint density at radius 1 is 1.27 bits per heavy atom. The van der Waals surface area contributed by atoms with Crippen molar-refractivity contribution < 1.29 is 34.3 Å². The largest absolute Gasteiger partial charge is 0.483 e. The van der Waals surface area contributed by atoms with Gasteiger partial charge >= 0.3 is 0 Å². The summed E-state index contributed by atoms with van der Waals surface area (Å²) in [5.74, 6) is 2.88. The number of imidazole rings is 1. The van der Waals surface area contributed by atoms with Gasteiger partial charge in [-0.1, -0.05) is 35.3 Å². The lowest BCUT2D eigenvalue weighted by Crippen LogP contribution is -2.64. The van der Waals surface area contributed by atoms with Crippen molar-refractivity contribution >= 4 is 40.1 Å².